The molecule has 1 rings (SSSR count). The molecule has 1 N–H and O–H groups in total. The number of nitrogens with zero attached hydrogens (tertiary/aromatic N) is 1. The average Bonchev–Trinajstić information content (AvgIpc) is 2.34. The van der Waals surface area contributed by atoms with Gasteiger partial charge in [0.1, 0.15) is 5.82 Å². The third-order valence-electron chi connectivity index (χ3n) is 3.08. The zero-order chi connectivity index (χ0) is 13.5. The van der Waals surface area contributed by atoms with Crippen molar-refractivity contribution in [2.75, 3.05) is 13.1 Å². The minimum absolute atomic E-state index is 0.0741. The summed E-state index contributed by atoms with van der Waals surface area (Å²) in [6.07, 6.45) is 0.941. The lowest BCUT2D eigenvalue weighted by Gasteiger charge is -2.30. The van der Waals surface area contributed by atoms with E-state index in [9.17, 15) is 9.18 Å². The van der Waals surface area contributed by atoms with Crippen LogP contribution < -0.4 is 0 Å². The minimum Gasteiger partial charge on any atom is -0.481 e. The van der Waals surface area contributed by atoms with E-state index in [4.69, 9.17) is 5.11 Å². The second kappa shape index (κ2) is 7.11. The van der Waals surface area contributed by atoms with Crippen molar-refractivity contribution in [1.29, 1.82) is 0 Å². The van der Waals surface area contributed by atoms with Gasteiger partial charge in [-0.25, -0.2) is 4.39 Å². The van der Waals surface area contributed by atoms with Crippen LogP contribution in [0.5, 0.6) is 0 Å². The Kier molecular flexibility index (Phi) is 5.78. The number of halogens is 1. The van der Waals surface area contributed by atoms with Gasteiger partial charge in [-0.2, -0.15) is 0 Å². The number of benzene rings is 1. The predicted octanol–water partition coefficient (Wildman–Crippen LogP) is 3.07. The maximum absolute atomic E-state index is 13.2. The Bertz CT molecular complexity index is 395. The van der Waals surface area contributed by atoms with Crippen LogP contribution in [0.2, 0.25) is 0 Å². The molecule has 18 heavy (non-hydrogen) atoms. The molecule has 0 aromatic heterocycles. The molecule has 0 heterocycles. The smallest absolute Gasteiger partial charge is 0.304 e. The second-order valence-corrected chi connectivity index (χ2v) is 4.25. The van der Waals surface area contributed by atoms with Crippen LogP contribution >= 0.6 is 0 Å². The fourth-order valence-electron chi connectivity index (χ4n) is 2.19. The second-order valence-electron chi connectivity index (χ2n) is 4.25. The molecule has 0 aliphatic heterocycles. The van der Waals surface area contributed by atoms with Crippen LogP contribution in [0.3, 0.4) is 0 Å². The molecule has 1 unspecified atom stereocenters. The molecule has 0 spiro atoms. The van der Waals surface area contributed by atoms with Gasteiger partial charge in [-0.15, -0.1) is 0 Å². The molecule has 1 aromatic rings. The quantitative estimate of drug-likeness (QED) is 0.811. The fraction of sp³-hybridized carbons (Fsp3) is 0.500. The average molecular weight is 253 g/mol. The maximum Gasteiger partial charge on any atom is 0.304 e. The highest BCUT2D eigenvalue weighted by molar-refractivity contribution is 5.66. The topological polar surface area (TPSA) is 40.5 Å². The Hall–Kier alpha value is -1.42. The summed E-state index contributed by atoms with van der Waals surface area (Å²) in [7, 11) is 0. The number of aliphatic carboxylic acids is 1. The summed E-state index contributed by atoms with van der Waals surface area (Å²) in [6.45, 7) is 5.26. The molecule has 0 saturated carbocycles. The van der Waals surface area contributed by atoms with Crippen LogP contribution in [0.1, 0.15) is 38.3 Å². The van der Waals surface area contributed by atoms with Gasteiger partial charge in [-0.1, -0.05) is 26.0 Å². The van der Waals surface area contributed by atoms with Crippen LogP contribution in [0.4, 0.5) is 4.39 Å². The number of rotatable bonds is 7. The van der Waals surface area contributed by atoms with Crippen molar-refractivity contribution in [2.45, 2.75) is 32.7 Å². The van der Waals surface area contributed by atoms with E-state index in [0.29, 0.717) is 6.54 Å². The third-order valence-corrected chi connectivity index (χ3v) is 3.08. The molecule has 0 bridgehead atoms. The molecule has 1 atom stereocenters. The van der Waals surface area contributed by atoms with Crippen LogP contribution in [-0.2, 0) is 4.79 Å². The molecule has 0 saturated heterocycles. The van der Waals surface area contributed by atoms with Crippen molar-refractivity contribution >= 4 is 5.97 Å². The number of carboxylic acid groups (broad SMARTS) is 1. The van der Waals surface area contributed by atoms with E-state index < -0.39 is 5.97 Å². The van der Waals surface area contributed by atoms with E-state index in [1.54, 1.807) is 6.07 Å². The highest BCUT2D eigenvalue weighted by Gasteiger charge is 2.18. The van der Waals surface area contributed by atoms with Crippen LogP contribution in [0.15, 0.2) is 24.3 Å². The zero-order valence-electron chi connectivity index (χ0n) is 10.9. The summed E-state index contributed by atoms with van der Waals surface area (Å²) in [5.74, 6) is -1.05. The molecular weight excluding hydrogens is 233 g/mol. The molecule has 4 heteroatoms. The molecule has 0 aliphatic carbocycles. The van der Waals surface area contributed by atoms with Crippen LogP contribution in [0.25, 0.3) is 0 Å². The van der Waals surface area contributed by atoms with Crippen molar-refractivity contribution in [3.8, 4) is 0 Å². The largest absolute Gasteiger partial charge is 0.481 e. The third kappa shape index (κ3) is 4.11. The molecule has 0 fully saturated rings. The van der Waals surface area contributed by atoms with E-state index >= 15 is 0 Å². The molecule has 100 valence electrons. The fourth-order valence-corrected chi connectivity index (χ4v) is 2.19. The Morgan fingerprint density at radius 1 is 1.44 bits per heavy atom. The van der Waals surface area contributed by atoms with Gasteiger partial charge in [-0.05, 0) is 30.7 Å². The lowest BCUT2D eigenvalue weighted by Crippen LogP contribution is -2.30. The molecule has 0 amide bonds. The Labute approximate surface area is 107 Å². The molecule has 3 nitrogen and oxygen atoms in total. The minimum atomic E-state index is -0.803. The molecule has 1 aromatic carbocycles. The number of hydrogen-bond donors (Lipinski definition) is 1. The van der Waals surface area contributed by atoms with Crippen molar-refractivity contribution in [1.82, 2.24) is 4.90 Å². The normalized spacial score (nSPS) is 12.7. The summed E-state index contributed by atoms with van der Waals surface area (Å²) < 4.78 is 13.2. The Morgan fingerprint density at radius 2 is 2.17 bits per heavy atom. The zero-order valence-corrected chi connectivity index (χ0v) is 10.9. The maximum atomic E-state index is 13.2. The van der Waals surface area contributed by atoms with Crippen molar-refractivity contribution in [2.24, 2.45) is 0 Å². The molecular formula is C14H20FNO2. The van der Waals surface area contributed by atoms with E-state index in [1.807, 2.05) is 19.9 Å². The van der Waals surface area contributed by atoms with Gasteiger partial charge in [0.05, 0.1) is 6.42 Å². The highest BCUT2D eigenvalue weighted by Crippen LogP contribution is 2.24. The molecule has 0 aliphatic rings. The highest BCUT2D eigenvalue weighted by atomic mass is 19.1. The predicted molar refractivity (Wildman–Crippen MR) is 68.9 cm³/mol. The van der Waals surface area contributed by atoms with Crippen LogP contribution in [0, 0.1) is 5.82 Å². The summed E-state index contributed by atoms with van der Waals surface area (Å²) >= 11 is 0. The number of hydrogen-bond acceptors (Lipinski definition) is 2. The Morgan fingerprint density at radius 3 is 2.67 bits per heavy atom. The van der Waals surface area contributed by atoms with E-state index in [1.165, 1.54) is 12.1 Å². The first-order valence-corrected chi connectivity index (χ1v) is 6.29. The lowest BCUT2D eigenvalue weighted by atomic mass is 10.0. The lowest BCUT2D eigenvalue weighted by molar-refractivity contribution is -0.137. The van der Waals surface area contributed by atoms with Crippen molar-refractivity contribution in [3.63, 3.8) is 0 Å². The van der Waals surface area contributed by atoms with Gasteiger partial charge >= 0.3 is 5.97 Å². The van der Waals surface area contributed by atoms with Crippen LogP contribution in [-0.4, -0.2) is 29.1 Å². The summed E-state index contributed by atoms with van der Waals surface area (Å²) in [5.41, 5.74) is 0.907. The monoisotopic (exact) mass is 253 g/mol. The van der Waals surface area contributed by atoms with E-state index in [0.717, 1.165) is 18.5 Å². The first-order chi connectivity index (χ1) is 8.58. The van der Waals surface area contributed by atoms with E-state index in [2.05, 4.69) is 4.90 Å². The summed E-state index contributed by atoms with van der Waals surface area (Å²) in [5, 5.41) is 8.74. The van der Waals surface area contributed by atoms with Gasteiger partial charge in [0, 0.05) is 12.6 Å². The number of carbonyl (C=O) groups is 1. The van der Waals surface area contributed by atoms with Gasteiger partial charge in [0.15, 0.2) is 0 Å². The summed E-state index contributed by atoms with van der Waals surface area (Å²) in [6, 6.07) is 6.60. The standard InChI is InChI=1S/C14H20FNO2/c1-3-13(11-6-5-7-12(15)10-11)16(4-2)9-8-14(17)18/h5-7,10,13H,3-4,8-9H2,1-2H3,(H,17,18). The first kappa shape index (κ1) is 14.6. The number of carboxylic acids is 1. The van der Waals surface area contributed by atoms with E-state index in [-0.39, 0.29) is 18.3 Å². The molecule has 0 radical (unpaired) electrons. The van der Waals surface area contributed by atoms with Gasteiger partial charge in [-0.3, -0.25) is 9.69 Å². The van der Waals surface area contributed by atoms with Gasteiger partial charge in [0.25, 0.3) is 0 Å². The first-order valence-electron chi connectivity index (χ1n) is 6.29. The SMILES string of the molecule is CCC(c1cccc(F)c1)N(CC)CCC(=O)O. The Balaban J connectivity index is 2.82. The van der Waals surface area contributed by atoms with Gasteiger partial charge in [0.2, 0.25) is 0 Å². The van der Waals surface area contributed by atoms with Crippen molar-refractivity contribution in [3.05, 3.63) is 35.6 Å². The summed E-state index contributed by atoms with van der Waals surface area (Å²) in [4.78, 5) is 12.7. The van der Waals surface area contributed by atoms with Gasteiger partial charge < -0.3 is 5.11 Å². The van der Waals surface area contributed by atoms with Crippen molar-refractivity contribution < 1.29 is 14.3 Å².